The lowest BCUT2D eigenvalue weighted by molar-refractivity contribution is 0.753. The maximum atomic E-state index is 5.42. The van der Waals surface area contributed by atoms with E-state index in [0.29, 0.717) is 11.0 Å². The Labute approximate surface area is 121 Å². The molecule has 2 aromatic heterocycles. The summed E-state index contributed by atoms with van der Waals surface area (Å²) in [7, 11) is 0. The van der Waals surface area contributed by atoms with Gasteiger partial charge in [-0.25, -0.2) is 15.8 Å². The van der Waals surface area contributed by atoms with Crippen molar-refractivity contribution in [2.75, 3.05) is 17.0 Å². The Morgan fingerprint density at radius 3 is 2.79 bits per heavy atom. The largest absolute Gasteiger partial charge is 0.362 e. The van der Waals surface area contributed by atoms with Gasteiger partial charge in [0.1, 0.15) is 11.6 Å². The number of anilines is 2. The maximum absolute atomic E-state index is 5.42. The zero-order valence-corrected chi connectivity index (χ0v) is 12.5. The summed E-state index contributed by atoms with van der Waals surface area (Å²) in [6, 6.07) is 6.26. The van der Waals surface area contributed by atoms with Crippen LogP contribution in [0.4, 0.5) is 11.6 Å². The number of hydrogen-bond acceptors (Lipinski definition) is 7. The fourth-order valence-electron chi connectivity index (χ4n) is 1.71. The number of nitrogens with one attached hydrogen (secondary N) is 2. The molecule has 4 N–H and O–H groups in total. The molecule has 2 aromatic rings. The van der Waals surface area contributed by atoms with Crippen LogP contribution in [-0.2, 0) is 0 Å². The van der Waals surface area contributed by atoms with Gasteiger partial charge >= 0.3 is 0 Å². The number of nitrogens with two attached hydrogens (primary N) is 1. The maximum Gasteiger partial charge on any atom is 0.191 e. The number of thiophene rings is 1. The third kappa shape index (κ3) is 3.59. The van der Waals surface area contributed by atoms with E-state index < -0.39 is 0 Å². The van der Waals surface area contributed by atoms with Gasteiger partial charge in [0.05, 0.1) is 6.04 Å². The first kappa shape index (κ1) is 14.1. The van der Waals surface area contributed by atoms with Crippen LogP contribution >= 0.6 is 23.1 Å². The molecule has 0 aliphatic rings. The molecule has 0 radical (unpaired) electrons. The van der Waals surface area contributed by atoms with Gasteiger partial charge in [0.15, 0.2) is 5.16 Å². The molecule has 2 heterocycles. The van der Waals surface area contributed by atoms with Crippen molar-refractivity contribution in [1.82, 2.24) is 9.97 Å². The quantitative estimate of drug-likeness (QED) is 0.329. The Bertz CT molecular complexity index is 493. The summed E-state index contributed by atoms with van der Waals surface area (Å²) in [5.74, 6) is 6.82. The van der Waals surface area contributed by atoms with Gasteiger partial charge in [0.25, 0.3) is 0 Å². The second-order valence-corrected chi connectivity index (χ2v) is 5.64. The summed E-state index contributed by atoms with van der Waals surface area (Å²) in [4.78, 5) is 9.99. The van der Waals surface area contributed by atoms with Crippen LogP contribution in [0, 0.1) is 0 Å². The SMILES string of the molecule is CCC(Nc1cc(NN)nc(SC)n1)c1cccs1. The zero-order valence-electron chi connectivity index (χ0n) is 10.9. The molecule has 2 rings (SSSR count). The highest BCUT2D eigenvalue weighted by Gasteiger charge is 2.12. The molecule has 0 saturated heterocycles. The first-order valence-corrected chi connectivity index (χ1v) is 8.07. The highest BCUT2D eigenvalue weighted by Crippen LogP contribution is 2.26. The summed E-state index contributed by atoms with van der Waals surface area (Å²) in [6.07, 6.45) is 2.93. The van der Waals surface area contributed by atoms with Crippen LogP contribution in [0.5, 0.6) is 0 Å². The summed E-state index contributed by atoms with van der Waals surface area (Å²) in [6.45, 7) is 2.15. The van der Waals surface area contributed by atoms with Crippen molar-refractivity contribution in [2.45, 2.75) is 24.5 Å². The number of nitrogens with zero attached hydrogens (tertiary/aromatic N) is 2. The normalized spacial score (nSPS) is 12.2. The fraction of sp³-hybridized carbons (Fsp3) is 0.333. The minimum absolute atomic E-state index is 0.259. The van der Waals surface area contributed by atoms with Gasteiger partial charge in [-0.15, -0.1) is 11.3 Å². The molecule has 0 aliphatic carbocycles. The second-order valence-electron chi connectivity index (χ2n) is 3.89. The van der Waals surface area contributed by atoms with Crippen LogP contribution in [0.3, 0.4) is 0 Å². The molecule has 0 saturated carbocycles. The Morgan fingerprint density at radius 1 is 1.42 bits per heavy atom. The van der Waals surface area contributed by atoms with E-state index in [1.54, 1.807) is 11.3 Å². The molecule has 0 bridgehead atoms. The molecule has 1 atom stereocenters. The van der Waals surface area contributed by atoms with Gasteiger partial charge in [-0.2, -0.15) is 0 Å². The topological polar surface area (TPSA) is 75.9 Å². The van der Waals surface area contributed by atoms with E-state index in [9.17, 15) is 0 Å². The minimum Gasteiger partial charge on any atom is -0.362 e. The van der Waals surface area contributed by atoms with Gasteiger partial charge in [-0.1, -0.05) is 24.8 Å². The molecule has 7 heteroatoms. The number of aromatic nitrogens is 2. The highest BCUT2D eigenvalue weighted by atomic mass is 32.2. The van der Waals surface area contributed by atoms with E-state index in [0.717, 1.165) is 12.2 Å². The smallest absolute Gasteiger partial charge is 0.191 e. The third-order valence-corrected chi connectivity index (χ3v) is 4.19. The molecule has 0 amide bonds. The zero-order chi connectivity index (χ0) is 13.7. The van der Waals surface area contributed by atoms with Crippen LogP contribution in [0.25, 0.3) is 0 Å². The lowest BCUT2D eigenvalue weighted by atomic mass is 10.2. The van der Waals surface area contributed by atoms with E-state index in [2.05, 4.69) is 45.1 Å². The summed E-state index contributed by atoms with van der Waals surface area (Å²) >= 11 is 3.23. The number of hydrazine groups is 1. The van der Waals surface area contributed by atoms with Crippen LogP contribution in [-0.4, -0.2) is 16.2 Å². The Hall–Kier alpha value is -1.31. The van der Waals surface area contributed by atoms with Gasteiger partial charge in [-0.3, -0.25) is 0 Å². The van der Waals surface area contributed by atoms with Crippen LogP contribution in [0.15, 0.2) is 28.7 Å². The van der Waals surface area contributed by atoms with E-state index in [1.807, 2.05) is 12.3 Å². The molecular formula is C12H17N5S2. The van der Waals surface area contributed by atoms with Crippen molar-refractivity contribution in [3.63, 3.8) is 0 Å². The predicted octanol–water partition coefficient (Wildman–Crippen LogP) is 3.11. The number of hydrogen-bond donors (Lipinski definition) is 3. The molecule has 0 aromatic carbocycles. The van der Waals surface area contributed by atoms with E-state index in [-0.39, 0.29) is 6.04 Å². The van der Waals surface area contributed by atoms with E-state index in [4.69, 9.17) is 5.84 Å². The van der Waals surface area contributed by atoms with Crippen molar-refractivity contribution >= 4 is 34.7 Å². The van der Waals surface area contributed by atoms with Crippen molar-refractivity contribution in [3.8, 4) is 0 Å². The van der Waals surface area contributed by atoms with Crippen molar-refractivity contribution in [3.05, 3.63) is 28.5 Å². The first-order valence-electron chi connectivity index (χ1n) is 5.96. The third-order valence-electron chi connectivity index (χ3n) is 2.65. The predicted molar refractivity (Wildman–Crippen MR) is 82.6 cm³/mol. The molecular weight excluding hydrogens is 278 g/mol. The first-order chi connectivity index (χ1) is 9.26. The fourth-order valence-corrected chi connectivity index (χ4v) is 2.95. The molecule has 102 valence electrons. The number of rotatable bonds is 6. The van der Waals surface area contributed by atoms with Gasteiger partial charge in [0, 0.05) is 10.9 Å². The van der Waals surface area contributed by atoms with Crippen LogP contribution < -0.4 is 16.6 Å². The summed E-state index contributed by atoms with van der Waals surface area (Å²) in [5, 5.41) is 6.21. The molecule has 0 spiro atoms. The molecule has 19 heavy (non-hydrogen) atoms. The number of thioether (sulfide) groups is 1. The molecule has 0 aliphatic heterocycles. The van der Waals surface area contributed by atoms with Crippen molar-refractivity contribution < 1.29 is 0 Å². The van der Waals surface area contributed by atoms with Gasteiger partial charge < -0.3 is 10.7 Å². The molecule has 1 unspecified atom stereocenters. The van der Waals surface area contributed by atoms with Gasteiger partial charge in [-0.05, 0) is 24.1 Å². The molecule has 5 nitrogen and oxygen atoms in total. The Morgan fingerprint density at radius 2 is 2.21 bits per heavy atom. The van der Waals surface area contributed by atoms with Crippen LogP contribution in [0.1, 0.15) is 24.3 Å². The lowest BCUT2D eigenvalue weighted by Crippen LogP contribution is -2.13. The Balaban J connectivity index is 2.21. The number of nitrogen functional groups attached to an aromatic ring is 1. The van der Waals surface area contributed by atoms with Crippen molar-refractivity contribution in [1.29, 1.82) is 0 Å². The monoisotopic (exact) mass is 295 g/mol. The van der Waals surface area contributed by atoms with E-state index in [1.165, 1.54) is 16.6 Å². The average molecular weight is 295 g/mol. The average Bonchev–Trinajstić information content (AvgIpc) is 2.98. The van der Waals surface area contributed by atoms with Gasteiger partial charge in [0.2, 0.25) is 0 Å². The highest BCUT2D eigenvalue weighted by molar-refractivity contribution is 7.98. The summed E-state index contributed by atoms with van der Waals surface area (Å²) < 4.78 is 0. The Kier molecular flexibility index (Phi) is 5.00. The van der Waals surface area contributed by atoms with Crippen LogP contribution in [0.2, 0.25) is 0 Å². The molecule has 0 fully saturated rings. The minimum atomic E-state index is 0.259. The van der Waals surface area contributed by atoms with Crippen molar-refractivity contribution in [2.24, 2.45) is 5.84 Å². The summed E-state index contributed by atoms with van der Waals surface area (Å²) in [5.41, 5.74) is 2.57. The second kappa shape index (κ2) is 6.74. The standard InChI is InChI=1S/C12H17N5S2/c1-3-8(9-5-4-6-19-9)14-10-7-11(17-13)16-12(15-10)18-2/h4-8H,3,13H2,1-2H3,(H2,14,15,16,17). The van der Waals surface area contributed by atoms with E-state index >= 15 is 0 Å². The lowest BCUT2D eigenvalue weighted by Gasteiger charge is -2.17.